The van der Waals surface area contributed by atoms with E-state index >= 15 is 0 Å². The predicted octanol–water partition coefficient (Wildman–Crippen LogP) is 4.52. The molecule has 0 unspecified atom stereocenters. The van der Waals surface area contributed by atoms with Gasteiger partial charge in [-0.3, -0.25) is 5.43 Å². The van der Waals surface area contributed by atoms with Crippen molar-refractivity contribution in [1.82, 2.24) is 10.7 Å². The molecular weight excluding hydrogens is 434 g/mol. The second-order valence-electron chi connectivity index (χ2n) is 6.23. The predicted molar refractivity (Wildman–Crippen MR) is 131 cm³/mol. The Hall–Kier alpha value is -3.03. The zero-order valence-corrected chi connectivity index (χ0v) is 19.0. The van der Waals surface area contributed by atoms with Gasteiger partial charge >= 0.3 is 0 Å². The highest BCUT2D eigenvalue weighted by atomic mass is 35.5. The highest BCUT2D eigenvalue weighted by Gasteiger charge is 2.07. The number of ether oxygens (including phenoxy) is 3. The summed E-state index contributed by atoms with van der Waals surface area (Å²) >= 11 is 11.2. The number of halogens is 1. The number of rotatable bonds is 12. The normalized spacial score (nSPS) is 10.4. The maximum Gasteiger partial charge on any atom is 0.187 e. The van der Waals surface area contributed by atoms with E-state index in [0.717, 1.165) is 12.0 Å². The molecule has 0 atom stereocenters. The SMILES string of the molecule is C=CCNC(=S)N/N=C\c1cc(Cl)ccc1OCCOc1ccc(CC=C)cc1OC. The van der Waals surface area contributed by atoms with E-state index in [0.29, 0.717) is 52.7 Å². The van der Waals surface area contributed by atoms with Crippen LogP contribution in [-0.2, 0) is 6.42 Å². The van der Waals surface area contributed by atoms with Gasteiger partial charge in [0.15, 0.2) is 16.6 Å². The van der Waals surface area contributed by atoms with Crippen molar-refractivity contribution in [3.05, 3.63) is 77.9 Å². The van der Waals surface area contributed by atoms with Gasteiger partial charge in [-0.1, -0.05) is 29.8 Å². The van der Waals surface area contributed by atoms with Crippen LogP contribution in [0.15, 0.2) is 66.8 Å². The summed E-state index contributed by atoms with van der Waals surface area (Å²) in [5.41, 5.74) is 4.54. The molecule has 164 valence electrons. The molecular formula is C23H26ClN3O3S. The van der Waals surface area contributed by atoms with Crippen molar-refractivity contribution in [2.45, 2.75) is 6.42 Å². The van der Waals surface area contributed by atoms with E-state index in [9.17, 15) is 0 Å². The Morgan fingerprint density at radius 3 is 2.52 bits per heavy atom. The van der Waals surface area contributed by atoms with Gasteiger partial charge in [-0.2, -0.15) is 5.10 Å². The van der Waals surface area contributed by atoms with Gasteiger partial charge in [0.1, 0.15) is 19.0 Å². The zero-order chi connectivity index (χ0) is 22.5. The maximum atomic E-state index is 6.11. The highest BCUT2D eigenvalue weighted by Crippen LogP contribution is 2.28. The lowest BCUT2D eigenvalue weighted by Gasteiger charge is -2.13. The van der Waals surface area contributed by atoms with Gasteiger partial charge in [0.05, 0.1) is 13.3 Å². The molecule has 31 heavy (non-hydrogen) atoms. The van der Waals surface area contributed by atoms with Crippen LogP contribution in [0.5, 0.6) is 17.2 Å². The highest BCUT2D eigenvalue weighted by molar-refractivity contribution is 7.80. The number of nitrogens with one attached hydrogen (secondary N) is 2. The third kappa shape index (κ3) is 8.32. The van der Waals surface area contributed by atoms with E-state index < -0.39 is 0 Å². The fraction of sp³-hybridized carbons (Fsp3) is 0.217. The van der Waals surface area contributed by atoms with Crippen LogP contribution in [0.2, 0.25) is 5.02 Å². The summed E-state index contributed by atoms with van der Waals surface area (Å²) in [4.78, 5) is 0. The van der Waals surface area contributed by atoms with Crippen LogP contribution in [0.1, 0.15) is 11.1 Å². The van der Waals surface area contributed by atoms with Crippen LogP contribution >= 0.6 is 23.8 Å². The smallest absolute Gasteiger partial charge is 0.187 e. The molecule has 6 nitrogen and oxygen atoms in total. The van der Waals surface area contributed by atoms with Crippen molar-refractivity contribution in [3.8, 4) is 17.2 Å². The topological polar surface area (TPSA) is 64.1 Å². The van der Waals surface area contributed by atoms with E-state index in [1.165, 1.54) is 0 Å². The first-order chi connectivity index (χ1) is 15.1. The Morgan fingerprint density at radius 2 is 1.81 bits per heavy atom. The van der Waals surface area contributed by atoms with Gasteiger partial charge in [0, 0.05) is 17.1 Å². The van der Waals surface area contributed by atoms with E-state index in [1.54, 1.807) is 37.6 Å². The van der Waals surface area contributed by atoms with Gasteiger partial charge < -0.3 is 19.5 Å². The fourth-order valence-corrected chi connectivity index (χ4v) is 2.86. The quantitative estimate of drug-likeness (QED) is 0.160. The Labute approximate surface area is 193 Å². The molecule has 0 aromatic heterocycles. The van der Waals surface area contributed by atoms with Crippen molar-refractivity contribution in [2.24, 2.45) is 5.10 Å². The first-order valence-corrected chi connectivity index (χ1v) is 10.4. The Balaban J connectivity index is 1.93. The minimum atomic E-state index is 0.326. The van der Waals surface area contributed by atoms with Crippen molar-refractivity contribution < 1.29 is 14.2 Å². The summed E-state index contributed by atoms with van der Waals surface area (Å²) in [5.74, 6) is 1.95. The minimum absolute atomic E-state index is 0.326. The van der Waals surface area contributed by atoms with Crippen LogP contribution in [0.25, 0.3) is 0 Å². The molecule has 0 amide bonds. The number of hydrogen-bond donors (Lipinski definition) is 2. The third-order valence-corrected chi connectivity index (χ3v) is 4.43. The van der Waals surface area contributed by atoms with Crippen LogP contribution < -0.4 is 25.0 Å². The Morgan fingerprint density at radius 1 is 1.06 bits per heavy atom. The first-order valence-electron chi connectivity index (χ1n) is 9.58. The molecule has 0 saturated carbocycles. The number of nitrogens with zero attached hydrogens (tertiary/aromatic N) is 1. The molecule has 0 fully saturated rings. The van der Waals surface area contributed by atoms with Crippen molar-refractivity contribution in [1.29, 1.82) is 0 Å². The number of thiocarbonyl (C=S) groups is 1. The summed E-state index contributed by atoms with van der Waals surface area (Å²) < 4.78 is 17.1. The zero-order valence-electron chi connectivity index (χ0n) is 17.4. The molecule has 0 radical (unpaired) electrons. The molecule has 8 heteroatoms. The average molecular weight is 460 g/mol. The molecule has 2 rings (SSSR count). The van der Waals surface area contributed by atoms with Gasteiger partial charge in [-0.25, -0.2) is 0 Å². The average Bonchev–Trinajstić information content (AvgIpc) is 2.77. The van der Waals surface area contributed by atoms with E-state index in [4.69, 9.17) is 38.0 Å². The monoisotopic (exact) mass is 459 g/mol. The summed E-state index contributed by atoms with van der Waals surface area (Å²) in [6.45, 7) is 8.58. The lowest BCUT2D eigenvalue weighted by atomic mass is 10.1. The number of benzene rings is 2. The van der Waals surface area contributed by atoms with Crippen LogP contribution in [0.4, 0.5) is 0 Å². The molecule has 0 saturated heterocycles. The summed E-state index contributed by atoms with van der Waals surface area (Å²) in [6, 6.07) is 11.1. The lowest BCUT2D eigenvalue weighted by molar-refractivity contribution is 0.211. The van der Waals surface area contributed by atoms with Gasteiger partial charge in [0.2, 0.25) is 0 Å². The number of hydrazone groups is 1. The second kappa shape index (κ2) is 13.3. The standard InChI is InChI=1S/C23H26ClN3O3S/c1-4-6-17-7-9-21(22(14-17)28-3)30-13-12-29-20-10-8-19(24)15-18(20)16-26-27-23(31)25-11-5-2/h4-5,7-10,14-16H,1-2,6,11-13H2,3H3,(H2,25,27,31)/b26-16-. The van der Waals surface area contributed by atoms with Crippen molar-refractivity contribution in [2.75, 3.05) is 26.9 Å². The Bertz CT molecular complexity index is 934. The van der Waals surface area contributed by atoms with Gasteiger partial charge in [-0.15, -0.1) is 13.2 Å². The van der Waals surface area contributed by atoms with Crippen LogP contribution in [0, 0.1) is 0 Å². The summed E-state index contributed by atoms with van der Waals surface area (Å²) in [7, 11) is 1.61. The molecule has 2 aromatic rings. The van der Waals surface area contributed by atoms with Crippen molar-refractivity contribution in [3.63, 3.8) is 0 Å². The van der Waals surface area contributed by atoms with Crippen LogP contribution in [0.3, 0.4) is 0 Å². The molecule has 2 aromatic carbocycles. The molecule has 0 heterocycles. The maximum absolute atomic E-state index is 6.11. The first kappa shape index (κ1) is 24.2. The van der Waals surface area contributed by atoms with Gasteiger partial charge in [-0.05, 0) is 54.5 Å². The number of methoxy groups -OCH3 is 1. The lowest BCUT2D eigenvalue weighted by Crippen LogP contribution is -2.31. The third-order valence-electron chi connectivity index (χ3n) is 3.96. The Kier molecular flexibility index (Phi) is 10.4. The fourth-order valence-electron chi connectivity index (χ4n) is 2.54. The molecule has 0 spiro atoms. The second-order valence-corrected chi connectivity index (χ2v) is 7.07. The van der Waals surface area contributed by atoms with E-state index in [1.807, 2.05) is 24.3 Å². The minimum Gasteiger partial charge on any atom is -0.493 e. The number of allylic oxidation sites excluding steroid dienone is 1. The van der Waals surface area contributed by atoms with Crippen molar-refractivity contribution >= 4 is 35.1 Å². The molecule has 0 aliphatic heterocycles. The van der Waals surface area contributed by atoms with E-state index in [2.05, 4.69) is 29.0 Å². The molecule has 0 aliphatic rings. The molecule has 0 bridgehead atoms. The summed E-state index contributed by atoms with van der Waals surface area (Å²) in [6.07, 6.45) is 5.90. The molecule has 2 N–H and O–H groups in total. The summed E-state index contributed by atoms with van der Waals surface area (Å²) in [5, 5.41) is 7.99. The van der Waals surface area contributed by atoms with Crippen LogP contribution in [-0.4, -0.2) is 38.2 Å². The molecule has 0 aliphatic carbocycles. The number of hydrogen-bond acceptors (Lipinski definition) is 5. The van der Waals surface area contributed by atoms with Gasteiger partial charge in [0.25, 0.3) is 0 Å². The van der Waals surface area contributed by atoms with E-state index in [-0.39, 0.29) is 0 Å². The largest absolute Gasteiger partial charge is 0.493 e.